The summed E-state index contributed by atoms with van der Waals surface area (Å²) in [5.41, 5.74) is 3.08. The molecule has 0 saturated carbocycles. The highest BCUT2D eigenvalue weighted by atomic mass is 19.3. The second-order valence-electron chi connectivity index (χ2n) is 4.00. The van der Waals surface area contributed by atoms with Crippen LogP contribution in [-0.2, 0) is 13.5 Å². The van der Waals surface area contributed by atoms with Crippen LogP contribution >= 0.6 is 0 Å². The quantitative estimate of drug-likeness (QED) is 0.815. The molecule has 1 rings (SSSR count). The maximum atomic E-state index is 12.5. The first-order chi connectivity index (χ1) is 7.24. The van der Waals surface area contributed by atoms with Gasteiger partial charge in [-0.05, 0) is 13.3 Å². The van der Waals surface area contributed by atoms with Crippen LogP contribution in [0.25, 0.3) is 0 Å². The minimum Gasteiger partial charge on any atom is -0.320 e. The van der Waals surface area contributed by atoms with Crippen LogP contribution in [0.2, 0.25) is 0 Å². The minimum atomic E-state index is -2.79. The number of rotatable bonds is 4. The van der Waals surface area contributed by atoms with Crippen molar-refractivity contribution in [1.29, 1.82) is 0 Å². The fourth-order valence-corrected chi connectivity index (χ4v) is 1.36. The lowest BCUT2D eigenvalue weighted by Crippen LogP contribution is -2.46. The molecule has 0 fully saturated rings. The lowest BCUT2D eigenvalue weighted by atomic mass is 9.95. The molecule has 16 heavy (non-hydrogen) atoms. The zero-order valence-electron chi connectivity index (χ0n) is 8.92. The van der Waals surface area contributed by atoms with Crippen molar-refractivity contribution in [1.82, 2.24) is 9.78 Å². The van der Waals surface area contributed by atoms with E-state index in [1.165, 1.54) is 17.9 Å². The van der Waals surface area contributed by atoms with Crippen molar-refractivity contribution >= 4 is 0 Å². The van der Waals surface area contributed by atoms with Gasteiger partial charge in [-0.1, -0.05) is 0 Å². The van der Waals surface area contributed by atoms with E-state index in [0.717, 1.165) is 6.92 Å². The number of hydrogen-bond acceptors (Lipinski definition) is 2. The van der Waals surface area contributed by atoms with Crippen molar-refractivity contribution in [2.24, 2.45) is 12.8 Å². The summed E-state index contributed by atoms with van der Waals surface area (Å²) in [4.78, 5) is 0. The van der Waals surface area contributed by atoms with E-state index < -0.39 is 24.1 Å². The van der Waals surface area contributed by atoms with Gasteiger partial charge in [0.25, 0.3) is 12.9 Å². The fraction of sp³-hybridized carbons (Fsp3) is 0.667. The van der Waals surface area contributed by atoms with Crippen LogP contribution in [0.4, 0.5) is 17.6 Å². The molecule has 0 saturated heterocycles. The normalized spacial score (nSPS) is 15.8. The number of alkyl halides is 4. The van der Waals surface area contributed by atoms with Crippen molar-refractivity contribution in [3.8, 4) is 0 Å². The summed E-state index contributed by atoms with van der Waals surface area (Å²) in [6.07, 6.45) is -4.62. The average Bonchev–Trinajstić information content (AvgIpc) is 2.45. The molecule has 1 aromatic heterocycles. The summed E-state index contributed by atoms with van der Waals surface area (Å²) in [5, 5.41) is 3.52. The van der Waals surface area contributed by atoms with Gasteiger partial charge in [0.1, 0.15) is 5.69 Å². The highest BCUT2D eigenvalue weighted by molar-refractivity contribution is 5.21. The Bertz CT molecular complexity index is 360. The molecule has 0 aliphatic rings. The van der Waals surface area contributed by atoms with Gasteiger partial charge >= 0.3 is 0 Å². The summed E-state index contributed by atoms with van der Waals surface area (Å²) in [6.45, 7) is 1.12. The molecular formula is C9H13F4N3. The lowest BCUT2D eigenvalue weighted by Gasteiger charge is -2.23. The number of aryl methyl sites for hydroxylation is 1. The first-order valence-corrected chi connectivity index (χ1v) is 4.61. The highest BCUT2D eigenvalue weighted by Gasteiger charge is 2.33. The molecule has 0 bridgehead atoms. The molecule has 2 N–H and O–H groups in total. The number of halogens is 4. The molecule has 0 aliphatic heterocycles. The van der Waals surface area contributed by atoms with E-state index in [1.807, 2.05) is 0 Å². The summed E-state index contributed by atoms with van der Waals surface area (Å²) in [5.74, 6) is 0. The van der Waals surface area contributed by atoms with Gasteiger partial charge < -0.3 is 5.73 Å². The van der Waals surface area contributed by atoms with Gasteiger partial charge in [-0.25, -0.2) is 17.6 Å². The van der Waals surface area contributed by atoms with E-state index >= 15 is 0 Å². The smallest absolute Gasteiger partial charge is 0.282 e. The highest BCUT2D eigenvalue weighted by Crippen LogP contribution is 2.25. The number of aromatic nitrogens is 2. The first kappa shape index (κ1) is 13.0. The minimum absolute atomic E-state index is 0.0581. The van der Waals surface area contributed by atoms with E-state index in [-0.39, 0.29) is 12.0 Å². The van der Waals surface area contributed by atoms with Gasteiger partial charge in [-0.2, -0.15) is 5.10 Å². The molecule has 1 aromatic rings. The van der Waals surface area contributed by atoms with Gasteiger partial charge in [-0.15, -0.1) is 0 Å². The van der Waals surface area contributed by atoms with Crippen molar-refractivity contribution in [3.63, 3.8) is 0 Å². The van der Waals surface area contributed by atoms with E-state index in [0.29, 0.717) is 0 Å². The molecular weight excluding hydrogens is 226 g/mol. The standard InChI is InChI=1S/C9H13F4N3/c1-9(14,8(12)13)3-5-4-16(2)15-6(5)7(10)11/h4,7-8H,3,14H2,1-2H3. The van der Waals surface area contributed by atoms with Gasteiger partial charge in [0, 0.05) is 18.8 Å². The third-order valence-electron chi connectivity index (χ3n) is 2.21. The molecule has 0 radical (unpaired) electrons. The third kappa shape index (κ3) is 2.72. The van der Waals surface area contributed by atoms with Crippen molar-refractivity contribution in [2.75, 3.05) is 0 Å². The van der Waals surface area contributed by atoms with Crippen LogP contribution in [0.3, 0.4) is 0 Å². The van der Waals surface area contributed by atoms with E-state index in [1.54, 1.807) is 0 Å². The number of nitrogens with two attached hydrogens (primary N) is 1. The largest absolute Gasteiger partial charge is 0.320 e. The first-order valence-electron chi connectivity index (χ1n) is 4.61. The Balaban J connectivity index is 2.97. The Kier molecular flexibility index (Phi) is 3.57. The molecule has 1 unspecified atom stereocenters. The maximum Gasteiger partial charge on any atom is 0.282 e. The Morgan fingerprint density at radius 1 is 1.44 bits per heavy atom. The summed E-state index contributed by atoms with van der Waals surface area (Å²) < 4.78 is 51.2. The predicted octanol–water partition coefficient (Wildman–Crippen LogP) is 1.88. The third-order valence-corrected chi connectivity index (χ3v) is 2.21. The fourth-order valence-electron chi connectivity index (χ4n) is 1.36. The molecule has 0 aliphatic carbocycles. The Labute approximate surface area is 90.2 Å². The molecule has 1 atom stereocenters. The van der Waals surface area contributed by atoms with Gasteiger partial charge in [0.15, 0.2) is 0 Å². The van der Waals surface area contributed by atoms with Crippen LogP contribution in [0.5, 0.6) is 0 Å². The second kappa shape index (κ2) is 4.40. The van der Waals surface area contributed by atoms with Crippen LogP contribution in [0.1, 0.15) is 24.6 Å². The maximum absolute atomic E-state index is 12.5. The SMILES string of the molecule is Cn1cc(CC(C)(N)C(F)F)c(C(F)F)n1. The summed E-state index contributed by atoms with van der Waals surface area (Å²) in [7, 11) is 1.45. The van der Waals surface area contributed by atoms with Crippen molar-refractivity contribution in [2.45, 2.75) is 31.7 Å². The van der Waals surface area contributed by atoms with Crippen molar-refractivity contribution in [3.05, 3.63) is 17.5 Å². The van der Waals surface area contributed by atoms with Crippen LogP contribution in [0, 0.1) is 0 Å². The molecule has 0 aromatic carbocycles. The van der Waals surface area contributed by atoms with Gasteiger partial charge in [-0.3, -0.25) is 4.68 Å². The molecule has 1 heterocycles. The number of hydrogen-bond donors (Lipinski definition) is 1. The van der Waals surface area contributed by atoms with Crippen LogP contribution in [0.15, 0.2) is 6.20 Å². The zero-order valence-corrected chi connectivity index (χ0v) is 8.92. The zero-order chi connectivity index (χ0) is 12.5. The number of nitrogens with zero attached hydrogens (tertiary/aromatic N) is 2. The molecule has 0 amide bonds. The average molecular weight is 239 g/mol. The summed E-state index contributed by atoms with van der Waals surface area (Å²) >= 11 is 0. The molecule has 92 valence electrons. The van der Waals surface area contributed by atoms with Crippen LogP contribution < -0.4 is 5.73 Å². The predicted molar refractivity (Wildman–Crippen MR) is 50.5 cm³/mol. The van der Waals surface area contributed by atoms with Crippen LogP contribution in [-0.4, -0.2) is 21.7 Å². The van der Waals surface area contributed by atoms with E-state index in [4.69, 9.17) is 5.73 Å². The van der Waals surface area contributed by atoms with E-state index in [2.05, 4.69) is 5.10 Å². The molecule has 7 heteroatoms. The topological polar surface area (TPSA) is 43.8 Å². The molecule has 0 spiro atoms. The van der Waals surface area contributed by atoms with Gasteiger partial charge in [0.05, 0.1) is 5.54 Å². The Morgan fingerprint density at radius 3 is 2.44 bits per heavy atom. The Morgan fingerprint density at radius 2 is 2.00 bits per heavy atom. The second-order valence-corrected chi connectivity index (χ2v) is 4.00. The summed E-state index contributed by atoms with van der Waals surface area (Å²) in [6, 6.07) is 0. The lowest BCUT2D eigenvalue weighted by molar-refractivity contribution is 0.0630. The Hall–Kier alpha value is -1.11. The van der Waals surface area contributed by atoms with Gasteiger partial charge in [0.2, 0.25) is 0 Å². The van der Waals surface area contributed by atoms with Crippen molar-refractivity contribution < 1.29 is 17.6 Å². The van der Waals surface area contributed by atoms with E-state index in [9.17, 15) is 17.6 Å². The molecule has 3 nitrogen and oxygen atoms in total. The monoisotopic (exact) mass is 239 g/mol.